The summed E-state index contributed by atoms with van der Waals surface area (Å²) in [7, 11) is 0. The zero-order chi connectivity index (χ0) is 16.2. The smallest absolute Gasteiger partial charge is 0.294 e. The van der Waals surface area contributed by atoms with Crippen molar-refractivity contribution < 1.29 is 9.72 Å². The first-order valence-corrected chi connectivity index (χ1v) is 7.43. The van der Waals surface area contributed by atoms with E-state index in [1.165, 1.54) is 12.4 Å². The molecule has 1 saturated heterocycles. The van der Waals surface area contributed by atoms with Crippen LogP contribution in [0.25, 0.3) is 5.69 Å². The highest BCUT2D eigenvalue weighted by atomic mass is 35.5. The zero-order valence-electron chi connectivity index (χ0n) is 13.3. The van der Waals surface area contributed by atoms with Gasteiger partial charge in [-0.3, -0.25) is 14.9 Å². The van der Waals surface area contributed by atoms with E-state index in [9.17, 15) is 14.9 Å². The topological polar surface area (TPSA) is 102 Å². The Bertz CT molecular complexity index is 718. The SMILES string of the molecule is Cl.Cl.O=C(NC1CCNCC1)c1ccc(-n2ccnc2)c([N+](=O)[O-])c1. The molecule has 25 heavy (non-hydrogen) atoms. The number of nitrogens with zero attached hydrogens (tertiary/aromatic N) is 3. The molecule has 2 N–H and O–H groups in total. The monoisotopic (exact) mass is 387 g/mol. The number of nitro groups is 1. The third-order valence-corrected chi connectivity index (χ3v) is 3.89. The molecule has 8 nitrogen and oxygen atoms in total. The van der Waals surface area contributed by atoms with Gasteiger partial charge in [0.25, 0.3) is 11.6 Å². The van der Waals surface area contributed by atoms with Crippen LogP contribution >= 0.6 is 24.8 Å². The van der Waals surface area contributed by atoms with Gasteiger partial charge in [-0.15, -0.1) is 24.8 Å². The standard InChI is InChI=1S/C15H17N5O3.2ClH/c21-15(18-12-3-5-16-6-4-12)11-1-2-13(14(9-11)20(22)23)19-8-7-17-10-19;;/h1-2,7-10,12,16H,3-6H2,(H,18,21);2*1H. The number of halogens is 2. The molecule has 1 amide bonds. The molecule has 0 atom stereocenters. The van der Waals surface area contributed by atoms with Crippen LogP contribution in [0.3, 0.4) is 0 Å². The maximum Gasteiger partial charge on any atom is 0.294 e. The van der Waals surface area contributed by atoms with Crippen molar-refractivity contribution in [1.82, 2.24) is 20.2 Å². The number of hydrogen-bond donors (Lipinski definition) is 2. The normalized spacial score (nSPS) is 14.1. The molecule has 1 aromatic heterocycles. The van der Waals surface area contributed by atoms with E-state index in [1.54, 1.807) is 29.1 Å². The number of carbonyl (C=O) groups is 1. The number of carbonyl (C=O) groups excluding carboxylic acids is 1. The number of piperidine rings is 1. The van der Waals surface area contributed by atoms with Gasteiger partial charge in [-0.05, 0) is 38.1 Å². The van der Waals surface area contributed by atoms with Crippen molar-refractivity contribution in [2.75, 3.05) is 13.1 Å². The fourth-order valence-corrected chi connectivity index (χ4v) is 2.67. The molecule has 1 aromatic carbocycles. The molecule has 0 saturated carbocycles. The van der Waals surface area contributed by atoms with E-state index in [-0.39, 0.29) is 42.5 Å². The predicted molar refractivity (Wildman–Crippen MR) is 98.1 cm³/mol. The summed E-state index contributed by atoms with van der Waals surface area (Å²) >= 11 is 0. The molecule has 10 heteroatoms. The molecule has 136 valence electrons. The third kappa shape index (κ3) is 4.91. The van der Waals surface area contributed by atoms with Crippen LogP contribution in [-0.2, 0) is 0 Å². The summed E-state index contributed by atoms with van der Waals surface area (Å²) < 4.78 is 1.55. The molecule has 2 heterocycles. The van der Waals surface area contributed by atoms with E-state index in [4.69, 9.17) is 0 Å². The van der Waals surface area contributed by atoms with Gasteiger partial charge in [0, 0.05) is 30.1 Å². The second kappa shape index (κ2) is 9.36. The lowest BCUT2D eigenvalue weighted by molar-refractivity contribution is -0.384. The Labute approximate surface area is 157 Å². The summed E-state index contributed by atoms with van der Waals surface area (Å²) in [6.07, 6.45) is 6.37. The van der Waals surface area contributed by atoms with Crippen molar-refractivity contribution >= 4 is 36.4 Å². The Morgan fingerprint density at radius 3 is 2.64 bits per heavy atom. The Balaban J connectivity index is 0.00000156. The van der Waals surface area contributed by atoms with Crippen LogP contribution in [0.1, 0.15) is 23.2 Å². The number of aromatic nitrogens is 2. The van der Waals surface area contributed by atoms with Crippen LogP contribution in [0.5, 0.6) is 0 Å². The number of hydrogen-bond acceptors (Lipinski definition) is 5. The van der Waals surface area contributed by atoms with Crippen molar-refractivity contribution in [1.29, 1.82) is 0 Å². The van der Waals surface area contributed by atoms with E-state index in [0.29, 0.717) is 11.3 Å². The minimum absolute atomic E-state index is 0. The lowest BCUT2D eigenvalue weighted by Gasteiger charge is -2.23. The Morgan fingerprint density at radius 2 is 2.04 bits per heavy atom. The molecule has 2 aromatic rings. The highest BCUT2D eigenvalue weighted by Gasteiger charge is 2.21. The highest BCUT2D eigenvalue weighted by Crippen LogP contribution is 2.24. The molecule has 0 bridgehead atoms. The number of nitrogens with one attached hydrogen (secondary N) is 2. The van der Waals surface area contributed by atoms with Gasteiger partial charge < -0.3 is 15.2 Å². The molecule has 1 fully saturated rings. The molecule has 0 unspecified atom stereocenters. The van der Waals surface area contributed by atoms with Crippen LogP contribution in [0.4, 0.5) is 5.69 Å². The van der Waals surface area contributed by atoms with Gasteiger partial charge in [0.15, 0.2) is 0 Å². The molecule has 0 radical (unpaired) electrons. The number of rotatable bonds is 4. The number of imidazole rings is 1. The van der Waals surface area contributed by atoms with Gasteiger partial charge in [-0.1, -0.05) is 0 Å². The van der Waals surface area contributed by atoms with Gasteiger partial charge in [-0.2, -0.15) is 0 Å². The lowest BCUT2D eigenvalue weighted by atomic mass is 10.1. The van der Waals surface area contributed by atoms with Crippen LogP contribution in [0.2, 0.25) is 0 Å². The highest BCUT2D eigenvalue weighted by molar-refractivity contribution is 5.95. The summed E-state index contributed by atoms with van der Waals surface area (Å²) in [4.78, 5) is 27.0. The third-order valence-electron chi connectivity index (χ3n) is 3.89. The minimum Gasteiger partial charge on any atom is -0.349 e. The molecular weight excluding hydrogens is 369 g/mol. The van der Waals surface area contributed by atoms with Gasteiger partial charge in [0.1, 0.15) is 5.69 Å². The maximum atomic E-state index is 12.3. The average molecular weight is 388 g/mol. The first-order valence-electron chi connectivity index (χ1n) is 7.43. The van der Waals surface area contributed by atoms with E-state index in [1.807, 2.05) is 0 Å². The van der Waals surface area contributed by atoms with Crippen molar-refractivity contribution in [2.45, 2.75) is 18.9 Å². The number of benzene rings is 1. The van der Waals surface area contributed by atoms with Crippen molar-refractivity contribution in [3.63, 3.8) is 0 Å². The lowest BCUT2D eigenvalue weighted by Crippen LogP contribution is -2.42. The van der Waals surface area contributed by atoms with E-state index >= 15 is 0 Å². The maximum absolute atomic E-state index is 12.3. The Hall–Kier alpha value is -2.16. The molecule has 1 aliphatic rings. The van der Waals surface area contributed by atoms with Crippen molar-refractivity contribution in [2.24, 2.45) is 0 Å². The predicted octanol–water partition coefficient (Wildman–Crippen LogP) is 2.11. The second-order valence-corrected chi connectivity index (χ2v) is 5.43. The van der Waals surface area contributed by atoms with E-state index in [0.717, 1.165) is 25.9 Å². The van der Waals surface area contributed by atoms with Crippen molar-refractivity contribution in [3.8, 4) is 5.69 Å². The van der Waals surface area contributed by atoms with E-state index < -0.39 is 4.92 Å². The Morgan fingerprint density at radius 1 is 1.32 bits per heavy atom. The fourth-order valence-electron chi connectivity index (χ4n) is 2.67. The molecular formula is C15H19Cl2N5O3. The quantitative estimate of drug-likeness (QED) is 0.617. The second-order valence-electron chi connectivity index (χ2n) is 5.43. The minimum atomic E-state index is -0.489. The van der Waals surface area contributed by atoms with Crippen LogP contribution in [-0.4, -0.2) is 39.5 Å². The van der Waals surface area contributed by atoms with Gasteiger partial charge in [0.05, 0.1) is 11.3 Å². The van der Waals surface area contributed by atoms with E-state index in [2.05, 4.69) is 15.6 Å². The first-order chi connectivity index (χ1) is 11.1. The zero-order valence-corrected chi connectivity index (χ0v) is 14.9. The first kappa shape index (κ1) is 20.9. The van der Waals surface area contributed by atoms with Gasteiger partial charge in [0.2, 0.25) is 0 Å². The summed E-state index contributed by atoms with van der Waals surface area (Å²) in [6, 6.07) is 4.58. The molecule has 0 spiro atoms. The van der Waals surface area contributed by atoms with Crippen LogP contribution < -0.4 is 10.6 Å². The van der Waals surface area contributed by atoms with Gasteiger partial charge >= 0.3 is 0 Å². The Kier molecular flexibility index (Phi) is 7.82. The summed E-state index contributed by atoms with van der Waals surface area (Å²) in [5, 5.41) is 17.5. The van der Waals surface area contributed by atoms with Crippen LogP contribution in [0.15, 0.2) is 36.9 Å². The molecule has 3 rings (SSSR count). The molecule has 1 aliphatic heterocycles. The fraction of sp³-hybridized carbons (Fsp3) is 0.333. The summed E-state index contributed by atoms with van der Waals surface area (Å²) in [6.45, 7) is 1.73. The summed E-state index contributed by atoms with van der Waals surface area (Å²) in [5.41, 5.74) is 0.547. The summed E-state index contributed by atoms with van der Waals surface area (Å²) in [5.74, 6) is -0.280. The van der Waals surface area contributed by atoms with Crippen molar-refractivity contribution in [3.05, 3.63) is 52.6 Å². The van der Waals surface area contributed by atoms with Crippen LogP contribution in [0, 0.1) is 10.1 Å². The average Bonchev–Trinajstić information content (AvgIpc) is 3.09. The number of nitro benzene ring substituents is 1. The largest absolute Gasteiger partial charge is 0.349 e. The van der Waals surface area contributed by atoms with Gasteiger partial charge in [-0.25, -0.2) is 4.98 Å². The molecule has 0 aliphatic carbocycles. The number of amides is 1.